The molecule has 0 aromatic heterocycles. The van der Waals surface area contributed by atoms with Gasteiger partial charge < -0.3 is 30.1 Å². The lowest BCUT2D eigenvalue weighted by molar-refractivity contribution is -0.192. The normalized spacial score (nSPS) is 10.7. The maximum atomic E-state index is 12.4. The van der Waals surface area contributed by atoms with Crippen molar-refractivity contribution in [1.29, 1.82) is 10.7 Å². The van der Waals surface area contributed by atoms with E-state index in [1.54, 1.807) is 55.4 Å². The van der Waals surface area contributed by atoms with Crippen LogP contribution >= 0.6 is 0 Å². The maximum Gasteiger partial charge on any atom is 0.490 e. The van der Waals surface area contributed by atoms with Gasteiger partial charge >= 0.3 is 18.1 Å². The van der Waals surface area contributed by atoms with Crippen molar-refractivity contribution in [2.24, 2.45) is 0 Å². The molecule has 0 saturated heterocycles. The molecule has 0 radical (unpaired) electrons. The maximum absolute atomic E-state index is 12.4. The first-order valence-electron chi connectivity index (χ1n) is 11.8. The summed E-state index contributed by atoms with van der Waals surface area (Å²) < 4.78 is 42.2. The quantitative estimate of drug-likeness (QED) is 0.112. The lowest BCUT2D eigenvalue weighted by Crippen LogP contribution is -2.28. The van der Waals surface area contributed by atoms with Crippen LogP contribution in [0.5, 0.6) is 5.75 Å². The van der Waals surface area contributed by atoms with Gasteiger partial charge in [-0.3, -0.25) is 15.0 Å². The van der Waals surface area contributed by atoms with E-state index in [1.165, 1.54) is 26.2 Å². The first kappa shape index (κ1) is 34.6. The average molecular weight is 592 g/mol. The van der Waals surface area contributed by atoms with E-state index >= 15 is 0 Å². The molecular formula is C27H28F3N5O7. The summed E-state index contributed by atoms with van der Waals surface area (Å²) in [7, 11) is 4.73. The number of hydrogen-bond acceptors (Lipinski definition) is 8. The number of methoxy groups -OCH3 is 1. The molecule has 0 spiro atoms. The Balaban J connectivity index is 0.00000112. The Morgan fingerprint density at radius 2 is 1.67 bits per heavy atom. The third-order valence-corrected chi connectivity index (χ3v) is 4.91. The zero-order chi connectivity index (χ0) is 32.0. The zero-order valence-electron chi connectivity index (χ0n) is 23.0. The fourth-order valence-electron chi connectivity index (χ4n) is 2.91. The predicted octanol–water partition coefficient (Wildman–Crippen LogP) is 2.54. The number of carbonyl (C=O) groups is 4. The van der Waals surface area contributed by atoms with Crippen molar-refractivity contribution in [3.8, 4) is 11.8 Å². The Labute approximate surface area is 238 Å². The van der Waals surface area contributed by atoms with Crippen molar-refractivity contribution >= 4 is 35.7 Å². The van der Waals surface area contributed by atoms with Gasteiger partial charge in [0.05, 0.1) is 25.3 Å². The molecular weight excluding hydrogens is 563 g/mol. The van der Waals surface area contributed by atoms with Gasteiger partial charge in [-0.2, -0.15) is 18.4 Å². The number of benzene rings is 2. The minimum absolute atomic E-state index is 0.0819. The summed E-state index contributed by atoms with van der Waals surface area (Å²) >= 11 is 0. The van der Waals surface area contributed by atoms with Gasteiger partial charge in [0.2, 0.25) is 5.91 Å². The molecule has 0 atom stereocenters. The standard InChI is InChI=1S/C25H27N5O5.C2HF3O2/c1-16(31)29-21(25(33)34-4)14-20-6-5-17(15-26)13-22(20)35-12-11-28-24(32)19-9-7-18(8-10-19)23(27)30(2)3;3-2(4,5)1(6)7/h5-10,13-14,27H,11-12H2,1-4H3,(H,28,32)(H,29,31);(H,6,7). The van der Waals surface area contributed by atoms with Gasteiger partial charge in [-0.15, -0.1) is 0 Å². The van der Waals surface area contributed by atoms with Crippen LogP contribution in [0, 0.1) is 16.7 Å². The molecule has 2 aromatic rings. The number of hydrogen-bond donors (Lipinski definition) is 4. The van der Waals surface area contributed by atoms with E-state index in [1.807, 2.05) is 6.07 Å². The SMILES string of the molecule is COC(=O)C(=Cc1ccc(C#N)cc1OCCNC(=O)c1ccc(C(=N)N(C)C)cc1)NC(C)=O.O=C(O)C(F)(F)F. The van der Waals surface area contributed by atoms with Gasteiger partial charge in [-0.05, 0) is 36.4 Å². The van der Waals surface area contributed by atoms with E-state index in [2.05, 4.69) is 10.6 Å². The topological polar surface area (TPSA) is 182 Å². The highest BCUT2D eigenvalue weighted by Gasteiger charge is 2.38. The fraction of sp³-hybridized carbons (Fsp3) is 0.259. The van der Waals surface area contributed by atoms with Crippen LogP contribution < -0.4 is 15.4 Å². The average Bonchev–Trinajstić information content (AvgIpc) is 2.94. The Morgan fingerprint density at radius 3 is 2.14 bits per heavy atom. The lowest BCUT2D eigenvalue weighted by Gasteiger charge is -2.14. The van der Waals surface area contributed by atoms with E-state index in [9.17, 15) is 32.8 Å². The molecule has 0 aliphatic carbocycles. The number of rotatable bonds is 9. The smallest absolute Gasteiger partial charge is 0.490 e. The number of halogens is 3. The summed E-state index contributed by atoms with van der Waals surface area (Å²) in [6, 6.07) is 13.3. The monoisotopic (exact) mass is 591 g/mol. The molecule has 224 valence electrons. The molecule has 12 nitrogen and oxygen atoms in total. The van der Waals surface area contributed by atoms with Crippen molar-refractivity contribution in [2.45, 2.75) is 13.1 Å². The molecule has 0 saturated carbocycles. The van der Waals surface area contributed by atoms with Gasteiger partial charge in [0.15, 0.2) is 0 Å². The molecule has 42 heavy (non-hydrogen) atoms. The van der Waals surface area contributed by atoms with Crippen LogP contribution in [0.15, 0.2) is 48.2 Å². The largest absolute Gasteiger partial charge is 0.491 e. The number of nitrogens with one attached hydrogen (secondary N) is 3. The molecule has 15 heteroatoms. The van der Waals surface area contributed by atoms with E-state index in [-0.39, 0.29) is 30.5 Å². The van der Waals surface area contributed by atoms with Crippen LogP contribution in [0.25, 0.3) is 6.08 Å². The van der Waals surface area contributed by atoms with E-state index in [4.69, 9.17) is 24.8 Å². The Kier molecular flexibility index (Phi) is 13.2. The van der Waals surface area contributed by atoms with E-state index in [0.29, 0.717) is 28.1 Å². The fourth-order valence-corrected chi connectivity index (χ4v) is 2.91. The first-order chi connectivity index (χ1) is 19.6. The number of nitriles is 1. The highest BCUT2D eigenvalue weighted by Crippen LogP contribution is 2.23. The third-order valence-electron chi connectivity index (χ3n) is 4.91. The highest BCUT2D eigenvalue weighted by atomic mass is 19.4. The lowest BCUT2D eigenvalue weighted by atomic mass is 10.1. The van der Waals surface area contributed by atoms with Crippen molar-refractivity contribution in [1.82, 2.24) is 15.5 Å². The number of carbonyl (C=O) groups excluding carboxylic acids is 3. The highest BCUT2D eigenvalue weighted by molar-refractivity contribution is 5.99. The number of ether oxygens (including phenoxy) is 2. The molecule has 0 aliphatic rings. The van der Waals surface area contributed by atoms with E-state index in [0.717, 1.165) is 0 Å². The van der Waals surface area contributed by atoms with Crippen LogP contribution in [0.4, 0.5) is 13.2 Å². The number of nitrogens with zero attached hydrogens (tertiary/aromatic N) is 2. The van der Waals surface area contributed by atoms with Crippen LogP contribution in [-0.4, -0.2) is 80.1 Å². The summed E-state index contributed by atoms with van der Waals surface area (Å²) in [5.74, 6) is -3.63. The number of amides is 2. The number of alkyl halides is 3. The van der Waals surface area contributed by atoms with Crippen molar-refractivity contribution in [3.63, 3.8) is 0 Å². The molecule has 0 unspecified atom stereocenters. The summed E-state index contributed by atoms with van der Waals surface area (Å²) in [6.07, 6.45) is -3.70. The summed E-state index contributed by atoms with van der Waals surface area (Å²) in [5, 5.41) is 29.5. The molecule has 0 heterocycles. The summed E-state index contributed by atoms with van der Waals surface area (Å²) in [6.45, 7) is 1.51. The second-order valence-electron chi connectivity index (χ2n) is 8.32. The molecule has 0 aliphatic heterocycles. The van der Waals surface area contributed by atoms with E-state index < -0.39 is 24.0 Å². The van der Waals surface area contributed by atoms with Crippen molar-refractivity contribution in [2.75, 3.05) is 34.4 Å². The van der Waals surface area contributed by atoms with Gasteiger partial charge in [0, 0.05) is 37.7 Å². The van der Waals surface area contributed by atoms with Gasteiger partial charge in [0.25, 0.3) is 5.91 Å². The second-order valence-corrected chi connectivity index (χ2v) is 8.32. The van der Waals surface area contributed by atoms with Crippen LogP contribution in [-0.2, 0) is 19.1 Å². The van der Waals surface area contributed by atoms with Crippen molar-refractivity contribution in [3.05, 3.63) is 70.4 Å². The minimum atomic E-state index is -5.08. The summed E-state index contributed by atoms with van der Waals surface area (Å²) in [4.78, 5) is 46.4. The molecule has 0 bridgehead atoms. The molecule has 2 amide bonds. The Morgan fingerprint density at radius 1 is 1.10 bits per heavy atom. The Hall–Kier alpha value is -5.39. The number of esters is 1. The number of carboxylic acid groups (broad SMARTS) is 1. The van der Waals surface area contributed by atoms with Crippen LogP contribution in [0.3, 0.4) is 0 Å². The molecule has 4 N–H and O–H groups in total. The van der Waals surface area contributed by atoms with Gasteiger partial charge in [-0.25, -0.2) is 9.59 Å². The Bertz CT molecular complexity index is 1380. The predicted molar refractivity (Wildman–Crippen MR) is 143 cm³/mol. The van der Waals surface area contributed by atoms with Crippen LogP contribution in [0.1, 0.15) is 34.0 Å². The van der Waals surface area contributed by atoms with Gasteiger partial charge in [0.1, 0.15) is 23.9 Å². The first-order valence-corrected chi connectivity index (χ1v) is 11.8. The van der Waals surface area contributed by atoms with Crippen molar-refractivity contribution < 1.29 is 46.9 Å². The molecule has 2 aromatic carbocycles. The molecule has 0 fully saturated rings. The van der Waals surface area contributed by atoms with Gasteiger partial charge in [-0.1, -0.05) is 12.1 Å². The summed E-state index contributed by atoms with van der Waals surface area (Å²) in [5.41, 5.74) is 1.81. The zero-order valence-corrected chi connectivity index (χ0v) is 23.0. The number of carboxylic acids is 1. The molecule has 2 rings (SSSR count). The number of aliphatic carboxylic acids is 1. The second kappa shape index (κ2) is 16.0. The van der Waals surface area contributed by atoms with Crippen LogP contribution in [0.2, 0.25) is 0 Å². The number of amidine groups is 1. The third kappa shape index (κ3) is 11.4. The minimum Gasteiger partial charge on any atom is -0.491 e.